The summed E-state index contributed by atoms with van der Waals surface area (Å²) in [6.07, 6.45) is 3.70. The molecular weight excluding hydrogens is 372 g/mol. The number of rotatable bonds is 10. The van der Waals surface area contributed by atoms with Crippen LogP contribution in [0.2, 0.25) is 0 Å². The smallest absolute Gasteiger partial charge is 0.221 e. The van der Waals surface area contributed by atoms with E-state index >= 15 is 0 Å². The molecule has 1 amide bonds. The Morgan fingerprint density at radius 2 is 2.07 bits per heavy atom. The Hall–Kier alpha value is -2.67. The normalized spacial score (nSPS) is 10.8. The SMILES string of the molecule is CCCNC(=O)CCN(Cc1ccco1)c1nc(Cc2ccc(C)cc2)ns1. The summed E-state index contributed by atoms with van der Waals surface area (Å²) in [7, 11) is 0. The second-order valence-corrected chi connectivity index (χ2v) is 7.49. The number of aryl methyl sites for hydroxylation is 1. The highest BCUT2D eigenvalue weighted by Crippen LogP contribution is 2.22. The van der Waals surface area contributed by atoms with Crippen molar-refractivity contribution in [2.45, 2.75) is 39.7 Å². The van der Waals surface area contributed by atoms with Gasteiger partial charge in [0.15, 0.2) is 0 Å². The fourth-order valence-corrected chi connectivity index (χ4v) is 3.47. The molecule has 7 heteroatoms. The molecule has 0 fully saturated rings. The summed E-state index contributed by atoms with van der Waals surface area (Å²) in [5, 5.41) is 3.73. The third kappa shape index (κ3) is 5.92. The second kappa shape index (κ2) is 10.0. The van der Waals surface area contributed by atoms with Crippen LogP contribution in [0.15, 0.2) is 47.1 Å². The van der Waals surface area contributed by atoms with E-state index in [-0.39, 0.29) is 5.91 Å². The number of nitrogens with one attached hydrogen (secondary N) is 1. The topological polar surface area (TPSA) is 71.3 Å². The molecule has 28 heavy (non-hydrogen) atoms. The first-order chi connectivity index (χ1) is 13.6. The first-order valence-corrected chi connectivity index (χ1v) is 10.3. The van der Waals surface area contributed by atoms with Crippen molar-refractivity contribution in [1.82, 2.24) is 14.7 Å². The summed E-state index contributed by atoms with van der Waals surface area (Å²) in [6.45, 7) is 5.95. The van der Waals surface area contributed by atoms with Crippen molar-refractivity contribution in [1.29, 1.82) is 0 Å². The van der Waals surface area contributed by atoms with Gasteiger partial charge >= 0.3 is 0 Å². The summed E-state index contributed by atoms with van der Waals surface area (Å²) in [6, 6.07) is 12.2. The molecule has 2 heterocycles. The Kier molecular flexibility index (Phi) is 7.19. The van der Waals surface area contributed by atoms with Gasteiger partial charge in [0, 0.05) is 37.5 Å². The van der Waals surface area contributed by atoms with Gasteiger partial charge in [-0.1, -0.05) is 36.8 Å². The molecule has 3 aromatic rings. The molecule has 0 saturated heterocycles. The van der Waals surface area contributed by atoms with Gasteiger partial charge in [0.2, 0.25) is 11.0 Å². The van der Waals surface area contributed by atoms with Crippen LogP contribution >= 0.6 is 11.5 Å². The molecule has 3 rings (SSSR count). The molecule has 0 aliphatic heterocycles. The molecule has 6 nitrogen and oxygen atoms in total. The molecule has 0 radical (unpaired) electrons. The summed E-state index contributed by atoms with van der Waals surface area (Å²) >= 11 is 1.36. The van der Waals surface area contributed by atoms with Crippen molar-refractivity contribution in [3.63, 3.8) is 0 Å². The number of nitrogens with zero attached hydrogens (tertiary/aromatic N) is 3. The minimum absolute atomic E-state index is 0.0516. The first-order valence-electron chi connectivity index (χ1n) is 9.56. The molecule has 0 aliphatic rings. The molecule has 0 atom stereocenters. The van der Waals surface area contributed by atoms with Gasteiger partial charge in [-0.15, -0.1) is 0 Å². The van der Waals surface area contributed by atoms with E-state index in [0.29, 0.717) is 32.5 Å². The monoisotopic (exact) mass is 398 g/mol. The number of carbonyl (C=O) groups is 1. The zero-order chi connectivity index (χ0) is 19.8. The molecule has 1 aromatic carbocycles. The number of carbonyl (C=O) groups excluding carboxylic acids is 1. The molecule has 0 spiro atoms. The van der Waals surface area contributed by atoms with E-state index in [4.69, 9.17) is 9.40 Å². The van der Waals surface area contributed by atoms with Gasteiger partial charge in [-0.05, 0) is 31.0 Å². The summed E-state index contributed by atoms with van der Waals surface area (Å²) in [4.78, 5) is 18.8. The van der Waals surface area contributed by atoms with Gasteiger partial charge < -0.3 is 14.6 Å². The zero-order valence-electron chi connectivity index (χ0n) is 16.4. The van der Waals surface area contributed by atoms with Crippen LogP contribution in [0.25, 0.3) is 0 Å². The maximum absolute atomic E-state index is 12.0. The quantitative estimate of drug-likeness (QED) is 0.560. The lowest BCUT2D eigenvalue weighted by Crippen LogP contribution is -2.31. The standard InChI is InChI=1S/C21H26N4O2S/c1-3-11-22-20(26)10-12-25(15-18-5-4-13-27-18)21-23-19(24-28-21)14-17-8-6-16(2)7-9-17/h4-9,13H,3,10-12,14-15H2,1-2H3,(H,22,26). The van der Waals surface area contributed by atoms with Crippen molar-refractivity contribution in [2.24, 2.45) is 0 Å². The molecule has 0 unspecified atom stereocenters. The number of anilines is 1. The maximum Gasteiger partial charge on any atom is 0.221 e. The summed E-state index contributed by atoms with van der Waals surface area (Å²) < 4.78 is 10.0. The van der Waals surface area contributed by atoms with Crippen LogP contribution in [0.1, 0.15) is 42.5 Å². The number of furan rings is 1. The Balaban J connectivity index is 1.67. The fraction of sp³-hybridized carbons (Fsp3) is 0.381. The second-order valence-electron chi connectivity index (χ2n) is 6.76. The van der Waals surface area contributed by atoms with Gasteiger partial charge in [-0.3, -0.25) is 4.79 Å². The predicted octanol–water partition coefficient (Wildman–Crippen LogP) is 3.95. The number of hydrogen-bond donors (Lipinski definition) is 1. The lowest BCUT2D eigenvalue weighted by molar-refractivity contribution is -0.120. The minimum Gasteiger partial charge on any atom is -0.467 e. The van der Waals surface area contributed by atoms with Crippen LogP contribution in [0.4, 0.5) is 5.13 Å². The van der Waals surface area contributed by atoms with Crippen molar-refractivity contribution in [3.8, 4) is 0 Å². The highest BCUT2D eigenvalue weighted by atomic mass is 32.1. The summed E-state index contributed by atoms with van der Waals surface area (Å²) in [5.41, 5.74) is 2.42. The lowest BCUT2D eigenvalue weighted by atomic mass is 10.1. The van der Waals surface area contributed by atoms with Crippen LogP contribution in [0, 0.1) is 6.92 Å². The van der Waals surface area contributed by atoms with E-state index in [1.165, 1.54) is 22.7 Å². The fourth-order valence-electron chi connectivity index (χ4n) is 2.76. The van der Waals surface area contributed by atoms with E-state index in [1.807, 2.05) is 19.1 Å². The van der Waals surface area contributed by atoms with E-state index in [0.717, 1.165) is 23.1 Å². The average Bonchev–Trinajstić information content (AvgIpc) is 3.37. The maximum atomic E-state index is 12.0. The van der Waals surface area contributed by atoms with Gasteiger partial charge in [0.1, 0.15) is 11.6 Å². The molecule has 0 aliphatic carbocycles. The summed E-state index contributed by atoms with van der Waals surface area (Å²) in [5.74, 6) is 1.68. The molecule has 0 saturated carbocycles. The third-order valence-corrected chi connectivity index (χ3v) is 5.13. The van der Waals surface area contributed by atoms with Gasteiger partial charge in [0.25, 0.3) is 0 Å². The van der Waals surface area contributed by atoms with Gasteiger partial charge in [-0.2, -0.15) is 4.37 Å². The minimum atomic E-state index is 0.0516. The van der Waals surface area contributed by atoms with E-state index in [9.17, 15) is 4.79 Å². The molecule has 0 bridgehead atoms. The van der Waals surface area contributed by atoms with Crippen molar-refractivity contribution in [2.75, 3.05) is 18.0 Å². The van der Waals surface area contributed by atoms with Crippen LogP contribution < -0.4 is 10.2 Å². The average molecular weight is 399 g/mol. The Bertz CT molecular complexity index is 859. The zero-order valence-corrected chi connectivity index (χ0v) is 17.2. The lowest BCUT2D eigenvalue weighted by Gasteiger charge is -2.19. The van der Waals surface area contributed by atoms with E-state index in [1.54, 1.807) is 6.26 Å². The largest absolute Gasteiger partial charge is 0.467 e. The predicted molar refractivity (Wildman–Crippen MR) is 112 cm³/mol. The number of benzene rings is 1. The van der Waals surface area contributed by atoms with Crippen LogP contribution in [0.3, 0.4) is 0 Å². The number of hydrogen-bond acceptors (Lipinski definition) is 6. The Morgan fingerprint density at radius 3 is 2.79 bits per heavy atom. The first kappa shape index (κ1) is 20.1. The van der Waals surface area contributed by atoms with E-state index in [2.05, 4.69) is 45.8 Å². The van der Waals surface area contributed by atoms with Crippen LogP contribution in [-0.4, -0.2) is 28.4 Å². The molecule has 148 valence electrons. The highest BCUT2D eigenvalue weighted by Gasteiger charge is 2.16. The molecular formula is C21H26N4O2S. The molecule has 1 N–H and O–H groups in total. The van der Waals surface area contributed by atoms with E-state index < -0.39 is 0 Å². The molecule has 2 aromatic heterocycles. The number of aromatic nitrogens is 2. The Labute approximate surface area is 169 Å². The number of amides is 1. The van der Waals surface area contributed by atoms with Crippen molar-refractivity contribution >= 4 is 22.6 Å². The van der Waals surface area contributed by atoms with Crippen LogP contribution in [-0.2, 0) is 17.8 Å². The van der Waals surface area contributed by atoms with Crippen LogP contribution in [0.5, 0.6) is 0 Å². The van der Waals surface area contributed by atoms with Crippen molar-refractivity contribution in [3.05, 3.63) is 65.4 Å². The van der Waals surface area contributed by atoms with Gasteiger partial charge in [0.05, 0.1) is 12.8 Å². The Morgan fingerprint density at radius 1 is 1.25 bits per heavy atom. The van der Waals surface area contributed by atoms with Gasteiger partial charge in [-0.25, -0.2) is 4.98 Å². The van der Waals surface area contributed by atoms with Crippen molar-refractivity contribution < 1.29 is 9.21 Å². The third-order valence-electron chi connectivity index (χ3n) is 4.32. The highest BCUT2D eigenvalue weighted by molar-refractivity contribution is 7.09.